The van der Waals surface area contributed by atoms with Gasteiger partial charge in [0.25, 0.3) is 0 Å². The zero-order chi connectivity index (χ0) is 14.5. The second kappa shape index (κ2) is 6.39. The lowest BCUT2D eigenvalue weighted by molar-refractivity contribution is 0.189. The van der Waals surface area contributed by atoms with Crippen LogP contribution in [0.3, 0.4) is 0 Å². The largest absolute Gasteiger partial charge is 0.497 e. The normalized spacial score (nSPS) is 12.0. The Bertz CT molecular complexity index is 582. The molecule has 2 aromatic rings. The topological polar surface area (TPSA) is 38.7 Å². The molecule has 4 heteroatoms. The molecule has 3 nitrogen and oxygen atoms in total. The highest BCUT2D eigenvalue weighted by molar-refractivity contribution is 5.42. The van der Waals surface area contributed by atoms with Gasteiger partial charge in [0.15, 0.2) is 0 Å². The van der Waals surface area contributed by atoms with Crippen molar-refractivity contribution in [1.82, 2.24) is 0 Å². The molecule has 0 fully saturated rings. The van der Waals surface area contributed by atoms with Crippen LogP contribution in [0.15, 0.2) is 42.5 Å². The van der Waals surface area contributed by atoms with Gasteiger partial charge in [-0.3, -0.25) is 0 Å². The summed E-state index contributed by atoms with van der Waals surface area (Å²) >= 11 is 0. The maximum absolute atomic E-state index is 13.5. The summed E-state index contributed by atoms with van der Waals surface area (Å²) in [6, 6.07) is 11.6. The lowest BCUT2D eigenvalue weighted by Crippen LogP contribution is -2.03. The van der Waals surface area contributed by atoms with Gasteiger partial charge in [-0.15, -0.1) is 0 Å². The van der Waals surface area contributed by atoms with Crippen molar-refractivity contribution in [2.45, 2.75) is 19.6 Å². The summed E-state index contributed by atoms with van der Waals surface area (Å²) in [4.78, 5) is 0. The Morgan fingerprint density at radius 3 is 2.60 bits per heavy atom. The molecule has 0 radical (unpaired) electrons. The lowest BCUT2D eigenvalue weighted by atomic mass is 10.1. The second-order valence-corrected chi connectivity index (χ2v) is 4.46. The van der Waals surface area contributed by atoms with Crippen LogP contribution >= 0.6 is 0 Å². The minimum absolute atomic E-state index is 0.0968. The number of rotatable bonds is 5. The van der Waals surface area contributed by atoms with Gasteiger partial charge in [-0.2, -0.15) is 0 Å². The number of benzene rings is 2. The molecule has 1 atom stereocenters. The van der Waals surface area contributed by atoms with Crippen LogP contribution in [-0.2, 0) is 6.61 Å². The summed E-state index contributed by atoms with van der Waals surface area (Å²) < 4.78 is 24.3. The molecule has 0 aliphatic rings. The quantitative estimate of drug-likeness (QED) is 0.908. The van der Waals surface area contributed by atoms with Crippen LogP contribution in [0.25, 0.3) is 0 Å². The average Bonchev–Trinajstić information content (AvgIpc) is 2.46. The van der Waals surface area contributed by atoms with Crippen LogP contribution in [0.4, 0.5) is 4.39 Å². The number of ether oxygens (including phenoxy) is 2. The van der Waals surface area contributed by atoms with Gasteiger partial charge >= 0.3 is 0 Å². The highest BCUT2D eigenvalue weighted by Crippen LogP contribution is 2.30. The molecule has 0 unspecified atom stereocenters. The Balaban J connectivity index is 2.21. The van der Waals surface area contributed by atoms with E-state index in [-0.39, 0.29) is 12.4 Å². The molecule has 0 saturated heterocycles. The van der Waals surface area contributed by atoms with Crippen molar-refractivity contribution in [1.29, 1.82) is 0 Å². The summed E-state index contributed by atoms with van der Waals surface area (Å²) in [5.41, 5.74) is 1.11. The molecule has 2 aromatic carbocycles. The fraction of sp³-hybridized carbons (Fsp3) is 0.250. The molecule has 0 spiro atoms. The van der Waals surface area contributed by atoms with Gasteiger partial charge in [-0.1, -0.05) is 18.2 Å². The summed E-state index contributed by atoms with van der Waals surface area (Å²) in [5.74, 6) is 0.800. The van der Waals surface area contributed by atoms with Crippen molar-refractivity contribution in [3.05, 3.63) is 59.4 Å². The highest BCUT2D eigenvalue weighted by Gasteiger charge is 2.11. The van der Waals surface area contributed by atoms with E-state index in [0.29, 0.717) is 22.6 Å². The monoisotopic (exact) mass is 276 g/mol. The van der Waals surface area contributed by atoms with E-state index in [4.69, 9.17) is 9.47 Å². The van der Waals surface area contributed by atoms with Crippen molar-refractivity contribution < 1.29 is 19.0 Å². The predicted molar refractivity (Wildman–Crippen MR) is 74.4 cm³/mol. The average molecular weight is 276 g/mol. The molecule has 2 rings (SSSR count). The Hall–Kier alpha value is -2.07. The van der Waals surface area contributed by atoms with Crippen LogP contribution in [0.2, 0.25) is 0 Å². The summed E-state index contributed by atoms with van der Waals surface area (Å²) in [6.07, 6.45) is -0.670. The Morgan fingerprint density at radius 1 is 1.20 bits per heavy atom. The third kappa shape index (κ3) is 3.27. The summed E-state index contributed by atoms with van der Waals surface area (Å²) in [7, 11) is 1.55. The second-order valence-electron chi connectivity index (χ2n) is 4.46. The summed E-state index contributed by atoms with van der Waals surface area (Å²) in [5, 5.41) is 9.73. The Labute approximate surface area is 117 Å². The van der Waals surface area contributed by atoms with E-state index < -0.39 is 6.10 Å². The fourth-order valence-electron chi connectivity index (χ4n) is 1.88. The Kier molecular flexibility index (Phi) is 4.58. The van der Waals surface area contributed by atoms with E-state index >= 15 is 0 Å². The third-order valence-electron chi connectivity index (χ3n) is 3.01. The predicted octanol–water partition coefficient (Wildman–Crippen LogP) is 3.47. The van der Waals surface area contributed by atoms with Gasteiger partial charge < -0.3 is 14.6 Å². The molecule has 0 amide bonds. The number of aliphatic hydroxyl groups excluding tert-OH is 1. The number of halogens is 1. The van der Waals surface area contributed by atoms with Crippen LogP contribution in [0, 0.1) is 5.82 Å². The van der Waals surface area contributed by atoms with Crippen LogP contribution < -0.4 is 9.47 Å². The molecule has 20 heavy (non-hydrogen) atoms. The number of hydrogen-bond donors (Lipinski definition) is 1. The molecular formula is C16H17FO3. The highest BCUT2D eigenvalue weighted by atomic mass is 19.1. The molecule has 0 aromatic heterocycles. The van der Waals surface area contributed by atoms with Crippen LogP contribution in [0.5, 0.6) is 11.5 Å². The van der Waals surface area contributed by atoms with Crippen LogP contribution in [0.1, 0.15) is 24.2 Å². The van der Waals surface area contributed by atoms with E-state index in [1.54, 1.807) is 50.4 Å². The van der Waals surface area contributed by atoms with Gasteiger partial charge in [0, 0.05) is 17.2 Å². The Morgan fingerprint density at radius 2 is 1.95 bits per heavy atom. The third-order valence-corrected chi connectivity index (χ3v) is 3.01. The number of hydrogen-bond acceptors (Lipinski definition) is 3. The smallest absolute Gasteiger partial charge is 0.129 e. The molecule has 0 saturated carbocycles. The maximum atomic E-state index is 13.5. The minimum atomic E-state index is -0.670. The van der Waals surface area contributed by atoms with E-state index in [1.165, 1.54) is 6.07 Å². The first-order chi connectivity index (χ1) is 9.61. The van der Waals surface area contributed by atoms with Crippen molar-refractivity contribution in [2.24, 2.45) is 0 Å². The SMILES string of the molecule is COc1ccc([C@H](C)O)c(OCc2ccccc2F)c1. The first-order valence-electron chi connectivity index (χ1n) is 6.34. The van der Waals surface area contributed by atoms with Crippen LogP contribution in [-0.4, -0.2) is 12.2 Å². The van der Waals surface area contributed by atoms with E-state index in [0.717, 1.165) is 0 Å². The standard InChI is InChI=1S/C16H17FO3/c1-11(18)14-8-7-13(19-2)9-16(14)20-10-12-5-3-4-6-15(12)17/h3-9,11,18H,10H2,1-2H3/t11-/m0/s1. The maximum Gasteiger partial charge on any atom is 0.129 e. The molecule has 1 N–H and O–H groups in total. The first kappa shape index (κ1) is 14.3. The number of aliphatic hydroxyl groups is 1. The zero-order valence-corrected chi connectivity index (χ0v) is 11.5. The summed E-state index contributed by atoms with van der Waals surface area (Å²) in [6.45, 7) is 1.75. The molecule has 0 heterocycles. The molecule has 106 valence electrons. The van der Waals surface area contributed by atoms with Crippen molar-refractivity contribution in [2.75, 3.05) is 7.11 Å². The fourth-order valence-corrected chi connectivity index (χ4v) is 1.88. The molecule has 0 aliphatic heterocycles. The van der Waals surface area contributed by atoms with Gasteiger partial charge in [0.2, 0.25) is 0 Å². The van der Waals surface area contributed by atoms with Gasteiger partial charge in [0.05, 0.1) is 13.2 Å². The lowest BCUT2D eigenvalue weighted by Gasteiger charge is -2.15. The van der Waals surface area contributed by atoms with E-state index in [2.05, 4.69) is 0 Å². The number of methoxy groups -OCH3 is 1. The zero-order valence-electron chi connectivity index (χ0n) is 11.5. The first-order valence-corrected chi connectivity index (χ1v) is 6.34. The molecule has 0 aliphatic carbocycles. The molecular weight excluding hydrogens is 259 g/mol. The molecule has 0 bridgehead atoms. The van der Waals surface area contributed by atoms with E-state index in [1.807, 2.05) is 0 Å². The minimum Gasteiger partial charge on any atom is -0.497 e. The van der Waals surface area contributed by atoms with Crippen molar-refractivity contribution in [3.8, 4) is 11.5 Å². The van der Waals surface area contributed by atoms with Gasteiger partial charge in [0.1, 0.15) is 23.9 Å². The van der Waals surface area contributed by atoms with Crippen molar-refractivity contribution in [3.63, 3.8) is 0 Å². The van der Waals surface area contributed by atoms with E-state index in [9.17, 15) is 9.50 Å². The van der Waals surface area contributed by atoms with Gasteiger partial charge in [-0.25, -0.2) is 4.39 Å². The van der Waals surface area contributed by atoms with Gasteiger partial charge in [-0.05, 0) is 25.1 Å². The van der Waals surface area contributed by atoms with Crippen molar-refractivity contribution >= 4 is 0 Å².